The number of hydrogen-bond donors (Lipinski definition) is 2. The lowest BCUT2D eigenvalue weighted by atomic mass is 10.0. The van der Waals surface area contributed by atoms with E-state index in [0.29, 0.717) is 0 Å². The number of fused-ring (bicyclic) bond motifs is 1. The molecule has 0 fully saturated rings. The SMILES string of the molecule is CCCN=C(NN)N1CCc2ccccc2C1. The number of hydrazine groups is 1. The molecule has 0 aliphatic carbocycles. The lowest BCUT2D eigenvalue weighted by molar-refractivity contribution is 0.378. The zero-order valence-corrected chi connectivity index (χ0v) is 10.3. The van der Waals surface area contributed by atoms with E-state index in [2.05, 4.69) is 46.5 Å². The van der Waals surface area contributed by atoms with E-state index in [1.807, 2.05) is 0 Å². The molecule has 92 valence electrons. The topological polar surface area (TPSA) is 53.6 Å². The number of guanidine groups is 1. The van der Waals surface area contributed by atoms with Crippen LogP contribution < -0.4 is 11.3 Å². The minimum absolute atomic E-state index is 0.807. The molecule has 0 unspecified atom stereocenters. The fourth-order valence-electron chi connectivity index (χ4n) is 2.13. The van der Waals surface area contributed by atoms with Gasteiger partial charge in [0.1, 0.15) is 0 Å². The van der Waals surface area contributed by atoms with E-state index in [0.717, 1.165) is 38.4 Å². The molecular weight excluding hydrogens is 212 g/mol. The maximum absolute atomic E-state index is 5.54. The van der Waals surface area contributed by atoms with E-state index in [9.17, 15) is 0 Å². The second-order valence-electron chi connectivity index (χ2n) is 4.29. The molecule has 1 aromatic rings. The first-order valence-corrected chi connectivity index (χ1v) is 6.18. The molecule has 0 saturated carbocycles. The van der Waals surface area contributed by atoms with Gasteiger partial charge in [-0.05, 0) is 24.0 Å². The van der Waals surface area contributed by atoms with Crippen molar-refractivity contribution < 1.29 is 0 Å². The van der Waals surface area contributed by atoms with Gasteiger partial charge in [-0.1, -0.05) is 31.2 Å². The Hall–Kier alpha value is -1.55. The first-order valence-electron chi connectivity index (χ1n) is 6.18. The highest BCUT2D eigenvalue weighted by atomic mass is 15.4. The number of nitrogens with zero attached hydrogens (tertiary/aromatic N) is 2. The molecule has 0 amide bonds. The molecular formula is C13H20N4. The van der Waals surface area contributed by atoms with Crippen LogP contribution in [0.25, 0.3) is 0 Å². The van der Waals surface area contributed by atoms with Gasteiger partial charge in [0.15, 0.2) is 0 Å². The summed E-state index contributed by atoms with van der Waals surface area (Å²) in [6.45, 7) is 4.80. The van der Waals surface area contributed by atoms with Crippen LogP contribution in [0.5, 0.6) is 0 Å². The summed E-state index contributed by atoms with van der Waals surface area (Å²) in [4.78, 5) is 6.67. The molecule has 1 aromatic carbocycles. The minimum Gasteiger partial charge on any atom is -0.337 e. The molecule has 0 saturated heterocycles. The Kier molecular flexibility index (Phi) is 3.98. The van der Waals surface area contributed by atoms with Gasteiger partial charge in [-0.15, -0.1) is 0 Å². The second kappa shape index (κ2) is 5.68. The van der Waals surface area contributed by atoms with Crippen LogP contribution in [0, 0.1) is 0 Å². The summed E-state index contributed by atoms with van der Waals surface area (Å²) in [6.07, 6.45) is 2.10. The monoisotopic (exact) mass is 232 g/mol. The molecule has 1 aliphatic heterocycles. The molecule has 0 atom stereocenters. The van der Waals surface area contributed by atoms with Gasteiger partial charge in [0.25, 0.3) is 0 Å². The van der Waals surface area contributed by atoms with Gasteiger partial charge in [0, 0.05) is 19.6 Å². The van der Waals surface area contributed by atoms with E-state index in [1.54, 1.807) is 0 Å². The van der Waals surface area contributed by atoms with Gasteiger partial charge in [-0.3, -0.25) is 10.4 Å². The zero-order chi connectivity index (χ0) is 12.1. The fourth-order valence-corrected chi connectivity index (χ4v) is 2.13. The number of rotatable bonds is 2. The molecule has 2 rings (SSSR count). The van der Waals surface area contributed by atoms with Gasteiger partial charge < -0.3 is 4.90 Å². The summed E-state index contributed by atoms with van der Waals surface area (Å²) in [7, 11) is 0. The number of aliphatic imine (C=N–C) groups is 1. The Morgan fingerprint density at radius 2 is 2.18 bits per heavy atom. The van der Waals surface area contributed by atoms with Gasteiger partial charge in [-0.25, -0.2) is 5.84 Å². The van der Waals surface area contributed by atoms with Crippen LogP contribution in [0.1, 0.15) is 24.5 Å². The third kappa shape index (κ3) is 2.77. The number of benzene rings is 1. The molecule has 3 N–H and O–H groups in total. The number of nitrogens with two attached hydrogens (primary N) is 1. The average Bonchev–Trinajstić information content (AvgIpc) is 2.39. The molecule has 17 heavy (non-hydrogen) atoms. The van der Waals surface area contributed by atoms with Crippen molar-refractivity contribution in [2.24, 2.45) is 10.8 Å². The minimum atomic E-state index is 0.807. The van der Waals surface area contributed by atoms with Gasteiger partial charge in [-0.2, -0.15) is 0 Å². The first kappa shape index (κ1) is 11.9. The maximum atomic E-state index is 5.54. The molecule has 1 heterocycles. The third-order valence-electron chi connectivity index (χ3n) is 3.04. The summed E-state index contributed by atoms with van der Waals surface area (Å²) >= 11 is 0. The standard InChI is InChI=1S/C13H20N4/c1-2-8-15-13(16-14)17-9-7-11-5-3-4-6-12(11)10-17/h3-6H,2,7-10,14H2,1H3,(H,15,16). The number of hydrogen-bond acceptors (Lipinski definition) is 2. The maximum Gasteiger partial charge on any atom is 0.208 e. The molecule has 0 radical (unpaired) electrons. The smallest absolute Gasteiger partial charge is 0.208 e. The lowest BCUT2D eigenvalue weighted by Gasteiger charge is -2.30. The Balaban J connectivity index is 2.10. The van der Waals surface area contributed by atoms with Crippen molar-refractivity contribution >= 4 is 5.96 Å². The van der Waals surface area contributed by atoms with Crippen LogP contribution in [0.15, 0.2) is 29.3 Å². The Morgan fingerprint density at radius 1 is 1.41 bits per heavy atom. The normalized spacial score (nSPS) is 15.6. The van der Waals surface area contributed by atoms with Crippen molar-refractivity contribution in [3.05, 3.63) is 35.4 Å². The van der Waals surface area contributed by atoms with Crippen molar-refractivity contribution in [1.29, 1.82) is 0 Å². The van der Waals surface area contributed by atoms with Gasteiger partial charge in [0.05, 0.1) is 0 Å². The Labute approximate surface area is 102 Å². The Morgan fingerprint density at radius 3 is 2.88 bits per heavy atom. The van der Waals surface area contributed by atoms with Crippen LogP contribution in [0.2, 0.25) is 0 Å². The fraction of sp³-hybridized carbons (Fsp3) is 0.462. The molecule has 0 spiro atoms. The third-order valence-corrected chi connectivity index (χ3v) is 3.04. The van der Waals surface area contributed by atoms with Crippen LogP contribution in [-0.2, 0) is 13.0 Å². The summed E-state index contributed by atoms with van der Waals surface area (Å²) in [6, 6.07) is 8.56. The van der Waals surface area contributed by atoms with E-state index in [-0.39, 0.29) is 0 Å². The summed E-state index contributed by atoms with van der Waals surface area (Å²) in [5.41, 5.74) is 5.53. The van der Waals surface area contributed by atoms with Crippen molar-refractivity contribution in [2.75, 3.05) is 13.1 Å². The van der Waals surface area contributed by atoms with Gasteiger partial charge >= 0.3 is 0 Å². The second-order valence-corrected chi connectivity index (χ2v) is 4.29. The Bertz CT molecular complexity index is 400. The van der Waals surface area contributed by atoms with Crippen LogP contribution in [-0.4, -0.2) is 23.9 Å². The van der Waals surface area contributed by atoms with E-state index < -0.39 is 0 Å². The van der Waals surface area contributed by atoms with Crippen LogP contribution >= 0.6 is 0 Å². The van der Waals surface area contributed by atoms with E-state index in [1.165, 1.54) is 11.1 Å². The lowest BCUT2D eigenvalue weighted by Crippen LogP contribution is -2.46. The predicted octanol–water partition coefficient (Wildman–Crippen LogP) is 1.27. The van der Waals surface area contributed by atoms with Gasteiger partial charge in [0.2, 0.25) is 5.96 Å². The zero-order valence-electron chi connectivity index (χ0n) is 10.3. The highest BCUT2D eigenvalue weighted by molar-refractivity contribution is 5.79. The average molecular weight is 232 g/mol. The largest absolute Gasteiger partial charge is 0.337 e. The van der Waals surface area contributed by atoms with Crippen molar-refractivity contribution in [2.45, 2.75) is 26.3 Å². The van der Waals surface area contributed by atoms with E-state index in [4.69, 9.17) is 5.84 Å². The quantitative estimate of drug-likeness (QED) is 0.349. The highest BCUT2D eigenvalue weighted by Gasteiger charge is 2.17. The number of nitrogens with one attached hydrogen (secondary N) is 1. The molecule has 4 heteroatoms. The first-order chi connectivity index (χ1) is 8.35. The summed E-state index contributed by atoms with van der Waals surface area (Å²) in [5.74, 6) is 6.35. The summed E-state index contributed by atoms with van der Waals surface area (Å²) in [5, 5.41) is 0. The van der Waals surface area contributed by atoms with Crippen LogP contribution in [0.3, 0.4) is 0 Å². The summed E-state index contributed by atoms with van der Waals surface area (Å²) < 4.78 is 0. The van der Waals surface area contributed by atoms with E-state index >= 15 is 0 Å². The molecule has 0 bridgehead atoms. The molecule has 0 aromatic heterocycles. The highest BCUT2D eigenvalue weighted by Crippen LogP contribution is 2.18. The van der Waals surface area contributed by atoms with Crippen LogP contribution in [0.4, 0.5) is 0 Å². The van der Waals surface area contributed by atoms with Crippen molar-refractivity contribution in [3.8, 4) is 0 Å². The predicted molar refractivity (Wildman–Crippen MR) is 70.5 cm³/mol. The molecule has 1 aliphatic rings. The van der Waals surface area contributed by atoms with Crippen molar-refractivity contribution in [3.63, 3.8) is 0 Å². The molecule has 4 nitrogen and oxygen atoms in total. The van der Waals surface area contributed by atoms with Crippen molar-refractivity contribution in [1.82, 2.24) is 10.3 Å².